The molecule has 1 atom stereocenters. The molecule has 0 fully saturated rings. The van der Waals surface area contributed by atoms with Gasteiger partial charge in [-0.05, 0) is 63.8 Å². The molecule has 1 amide bonds. The van der Waals surface area contributed by atoms with E-state index >= 15 is 0 Å². The van der Waals surface area contributed by atoms with Gasteiger partial charge in [-0.15, -0.1) is 0 Å². The highest BCUT2D eigenvalue weighted by atomic mass is 19.1. The summed E-state index contributed by atoms with van der Waals surface area (Å²) >= 11 is 0. The number of pyridine rings is 1. The third kappa shape index (κ3) is 6.58. The summed E-state index contributed by atoms with van der Waals surface area (Å²) in [5, 5.41) is 12.5. The number of benzene rings is 1. The standard InChI is InChI=1S/C21H27FN2O5/c1-21(2,3)29-20(27)24-11-13(19(25)26)6-5-7-15-16-10-14(28-4)8-9-18(16)23-12-17(15)22/h8-10,12-13H,5-7,11H2,1-4H3,(H,24,27)(H,25,26). The Morgan fingerprint density at radius 2 is 2.03 bits per heavy atom. The number of carbonyl (C=O) groups is 2. The molecule has 1 unspecified atom stereocenters. The maximum absolute atomic E-state index is 14.4. The molecular weight excluding hydrogens is 379 g/mol. The topological polar surface area (TPSA) is 97.8 Å². The summed E-state index contributed by atoms with van der Waals surface area (Å²) in [5.41, 5.74) is 0.450. The molecule has 1 heterocycles. The molecule has 1 aromatic carbocycles. The van der Waals surface area contributed by atoms with Crippen LogP contribution in [0.1, 0.15) is 39.2 Å². The molecule has 0 radical (unpaired) electrons. The van der Waals surface area contributed by atoms with Crippen LogP contribution in [-0.4, -0.2) is 41.4 Å². The van der Waals surface area contributed by atoms with E-state index in [1.54, 1.807) is 39.0 Å². The number of carboxylic acid groups (broad SMARTS) is 1. The van der Waals surface area contributed by atoms with Crippen molar-refractivity contribution in [3.63, 3.8) is 0 Å². The van der Waals surface area contributed by atoms with Crippen LogP contribution < -0.4 is 10.1 Å². The molecule has 0 spiro atoms. The highest BCUT2D eigenvalue weighted by Gasteiger charge is 2.21. The maximum Gasteiger partial charge on any atom is 0.407 e. The summed E-state index contributed by atoms with van der Waals surface area (Å²) in [7, 11) is 1.53. The Balaban J connectivity index is 2.02. The van der Waals surface area contributed by atoms with Gasteiger partial charge in [0.15, 0.2) is 0 Å². The highest BCUT2D eigenvalue weighted by Crippen LogP contribution is 2.26. The van der Waals surface area contributed by atoms with Crippen molar-refractivity contribution in [1.29, 1.82) is 0 Å². The molecule has 1 aromatic heterocycles. The minimum atomic E-state index is -1.03. The number of amides is 1. The first-order chi connectivity index (χ1) is 13.6. The number of methoxy groups -OCH3 is 1. The third-order valence-corrected chi connectivity index (χ3v) is 4.35. The van der Waals surface area contributed by atoms with Crippen molar-refractivity contribution in [3.05, 3.63) is 35.8 Å². The molecule has 2 N–H and O–H groups in total. The van der Waals surface area contributed by atoms with Crippen molar-refractivity contribution in [2.45, 2.75) is 45.6 Å². The van der Waals surface area contributed by atoms with Crippen LogP contribution >= 0.6 is 0 Å². The number of halogens is 1. The highest BCUT2D eigenvalue weighted by molar-refractivity contribution is 5.83. The number of carbonyl (C=O) groups excluding carboxylic acids is 1. The Morgan fingerprint density at radius 3 is 2.66 bits per heavy atom. The number of nitrogens with one attached hydrogen (secondary N) is 1. The lowest BCUT2D eigenvalue weighted by Gasteiger charge is -2.21. The number of rotatable bonds is 8. The number of aromatic nitrogens is 1. The minimum Gasteiger partial charge on any atom is -0.497 e. The van der Waals surface area contributed by atoms with Crippen molar-refractivity contribution in [3.8, 4) is 5.75 Å². The van der Waals surface area contributed by atoms with Gasteiger partial charge >= 0.3 is 12.1 Å². The number of aliphatic carboxylic acids is 1. The predicted molar refractivity (Wildman–Crippen MR) is 107 cm³/mol. The van der Waals surface area contributed by atoms with Crippen molar-refractivity contribution < 1.29 is 28.6 Å². The van der Waals surface area contributed by atoms with E-state index in [9.17, 15) is 19.1 Å². The van der Waals surface area contributed by atoms with Crippen LogP contribution in [0.15, 0.2) is 24.4 Å². The monoisotopic (exact) mass is 406 g/mol. The molecule has 0 saturated carbocycles. The van der Waals surface area contributed by atoms with Crippen LogP contribution in [0.4, 0.5) is 9.18 Å². The van der Waals surface area contributed by atoms with Crippen LogP contribution in [0.3, 0.4) is 0 Å². The van der Waals surface area contributed by atoms with E-state index in [1.807, 2.05) is 0 Å². The first kappa shape index (κ1) is 22.4. The average Bonchev–Trinajstić information content (AvgIpc) is 2.63. The van der Waals surface area contributed by atoms with Crippen molar-refractivity contribution >= 4 is 23.0 Å². The van der Waals surface area contributed by atoms with Gasteiger partial charge < -0.3 is 19.9 Å². The van der Waals surface area contributed by atoms with Crippen LogP contribution in [0.25, 0.3) is 10.9 Å². The van der Waals surface area contributed by atoms with Crippen LogP contribution in [-0.2, 0) is 16.0 Å². The van der Waals surface area contributed by atoms with Gasteiger partial charge in [-0.2, -0.15) is 0 Å². The van der Waals surface area contributed by atoms with E-state index in [0.29, 0.717) is 35.1 Å². The second kappa shape index (κ2) is 9.54. The van der Waals surface area contributed by atoms with Crippen LogP contribution in [0.5, 0.6) is 5.75 Å². The smallest absolute Gasteiger partial charge is 0.407 e. The van der Waals surface area contributed by atoms with Crippen molar-refractivity contribution in [1.82, 2.24) is 10.3 Å². The second-order valence-electron chi connectivity index (χ2n) is 7.78. The summed E-state index contributed by atoms with van der Waals surface area (Å²) < 4.78 is 24.7. The molecule has 29 heavy (non-hydrogen) atoms. The molecule has 158 valence electrons. The lowest BCUT2D eigenvalue weighted by Crippen LogP contribution is -2.37. The fourth-order valence-electron chi connectivity index (χ4n) is 2.94. The average molecular weight is 406 g/mol. The van der Waals surface area contributed by atoms with Gasteiger partial charge in [0, 0.05) is 11.9 Å². The molecule has 0 aliphatic heterocycles. The summed E-state index contributed by atoms with van der Waals surface area (Å²) in [4.78, 5) is 27.3. The molecule has 2 aromatic rings. The number of ether oxygens (including phenoxy) is 2. The van der Waals surface area contributed by atoms with Gasteiger partial charge in [0.2, 0.25) is 0 Å². The fourth-order valence-corrected chi connectivity index (χ4v) is 2.94. The predicted octanol–water partition coefficient (Wildman–Crippen LogP) is 3.93. The fraction of sp³-hybridized carbons (Fsp3) is 0.476. The normalized spacial score (nSPS) is 12.4. The number of fused-ring (bicyclic) bond motifs is 1. The largest absolute Gasteiger partial charge is 0.497 e. The first-order valence-electron chi connectivity index (χ1n) is 9.41. The quantitative estimate of drug-likeness (QED) is 0.689. The molecule has 0 bridgehead atoms. The van der Waals surface area contributed by atoms with Gasteiger partial charge in [-0.3, -0.25) is 9.78 Å². The molecule has 0 saturated heterocycles. The number of hydrogen-bond acceptors (Lipinski definition) is 5. The van der Waals surface area contributed by atoms with E-state index in [2.05, 4.69) is 10.3 Å². The Kier molecular flexibility index (Phi) is 7.36. The Bertz CT molecular complexity index is 879. The lowest BCUT2D eigenvalue weighted by molar-refractivity contribution is -0.141. The third-order valence-electron chi connectivity index (χ3n) is 4.35. The molecular formula is C21H27FN2O5. The van der Waals surface area contributed by atoms with Crippen LogP contribution in [0.2, 0.25) is 0 Å². The molecule has 7 nitrogen and oxygen atoms in total. The summed E-state index contributed by atoms with van der Waals surface area (Å²) in [6.07, 6.45) is 1.55. The Hall–Kier alpha value is -2.90. The molecule has 2 rings (SSSR count). The summed E-state index contributed by atoms with van der Waals surface area (Å²) in [5.74, 6) is -1.67. The number of aryl methyl sites for hydroxylation is 1. The number of alkyl carbamates (subject to hydrolysis) is 1. The first-order valence-corrected chi connectivity index (χ1v) is 9.41. The van der Waals surface area contributed by atoms with Gasteiger partial charge in [0.05, 0.1) is 24.7 Å². The van der Waals surface area contributed by atoms with Gasteiger partial charge in [0.1, 0.15) is 17.2 Å². The maximum atomic E-state index is 14.4. The Labute approximate surface area is 169 Å². The Morgan fingerprint density at radius 1 is 1.31 bits per heavy atom. The number of carboxylic acids is 1. The number of hydrogen-bond donors (Lipinski definition) is 2. The van der Waals surface area contributed by atoms with Crippen LogP contribution in [0, 0.1) is 11.7 Å². The molecule has 0 aliphatic rings. The van der Waals surface area contributed by atoms with Crippen molar-refractivity contribution in [2.24, 2.45) is 5.92 Å². The lowest BCUT2D eigenvalue weighted by atomic mass is 9.97. The van der Waals surface area contributed by atoms with Gasteiger partial charge in [-0.25, -0.2) is 9.18 Å². The second-order valence-corrected chi connectivity index (χ2v) is 7.78. The summed E-state index contributed by atoms with van der Waals surface area (Å²) in [6, 6.07) is 5.22. The zero-order chi connectivity index (χ0) is 21.6. The van der Waals surface area contributed by atoms with Gasteiger partial charge in [-0.1, -0.05) is 0 Å². The zero-order valence-corrected chi connectivity index (χ0v) is 17.1. The minimum absolute atomic E-state index is 0.0579. The van der Waals surface area contributed by atoms with E-state index in [-0.39, 0.29) is 13.0 Å². The molecule has 8 heteroatoms. The van der Waals surface area contributed by atoms with Crippen molar-refractivity contribution in [2.75, 3.05) is 13.7 Å². The van der Waals surface area contributed by atoms with E-state index in [4.69, 9.17) is 9.47 Å². The van der Waals surface area contributed by atoms with E-state index < -0.39 is 29.4 Å². The van der Waals surface area contributed by atoms with E-state index in [1.165, 1.54) is 13.3 Å². The SMILES string of the molecule is COc1ccc2ncc(F)c(CCCC(CNC(=O)OC(C)(C)C)C(=O)O)c2c1. The van der Waals surface area contributed by atoms with Gasteiger partial charge in [0.25, 0.3) is 0 Å². The zero-order valence-electron chi connectivity index (χ0n) is 17.1. The number of nitrogens with zero attached hydrogens (tertiary/aromatic N) is 1. The summed E-state index contributed by atoms with van der Waals surface area (Å²) in [6.45, 7) is 5.12. The van der Waals surface area contributed by atoms with E-state index in [0.717, 1.165) is 0 Å². The molecule has 0 aliphatic carbocycles.